The van der Waals surface area contributed by atoms with Crippen molar-refractivity contribution in [1.29, 1.82) is 0 Å². The first-order valence-electron chi connectivity index (χ1n) is 8.95. The van der Waals surface area contributed by atoms with Gasteiger partial charge in [-0.2, -0.15) is 0 Å². The Bertz CT molecular complexity index is 788. The monoisotopic (exact) mass is 355 g/mol. The lowest BCUT2D eigenvalue weighted by Gasteiger charge is -2.29. The first-order chi connectivity index (χ1) is 12.7. The third kappa shape index (κ3) is 3.62. The van der Waals surface area contributed by atoms with E-state index in [1.807, 2.05) is 36.4 Å². The molecule has 0 saturated carbocycles. The molecule has 1 aliphatic heterocycles. The number of hydrogen-bond donors (Lipinski definition) is 1. The van der Waals surface area contributed by atoms with Crippen molar-refractivity contribution in [3.05, 3.63) is 47.5 Å². The van der Waals surface area contributed by atoms with E-state index in [-0.39, 0.29) is 11.8 Å². The molecular weight excluding hydrogens is 330 g/mol. The Hall–Kier alpha value is -2.69. The molecule has 0 radical (unpaired) electrons. The number of para-hydroxylation sites is 1. The van der Waals surface area contributed by atoms with Crippen LogP contribution in [0.25, 0.3) is 0 Å². The maximum Gasteiger partial charge on any atom is 0.225 e. The number of rotatable bonds is 7. The fourth-order valence-corrected chi connectivity index (χ4v) is 3.33. The molecule has 0 aliphatic carbocycles. The van der Waals surface area contributed by atoms with Crippen molar-refractivity contribution in [3.8, 4) is 17.2 Å². The van der Waals surface area contributed by atoms with Crippen LogP contribution in [0.5, 0.6) is 17.2 Å². The van der Waals surface area contributed by atoms with Crippen molar-refractivity contribution < 1.29 is 19.0 Å². The van der Waals surface area contributed by atoms with Crippen LogP contribution in [0.2, 0.25) is 0 Å². The molecule has 0 bridgehead atoms. The summed E-state index contributed by atoms with van der Waals surface area (Å²) in [5.41, 5.74) is 2.69. The zero-order chi connectivity index (χ0) is 18.5. The lowest BCUT2D eigenvalue weighted by Crippen LogP contribution is -2.24. The minimum atomic E-state index is -0.127. The molecule has 0 fully saturated rings. The van der Waals surface area contributed by atoms with Crippen LogP contribution >= 0.6 is 0 Å². The van der Waals surface area contributed by atoms with Gasteiger partial charge in [-0.05, 0) is 12.5 Å². The summed E-state index contributed by atoms with van der Waals surface area (Å²) < 4.78 is 16.9. The van der Waals surface area contributed by atoms with Gasteiger partial charge in [0.15, 0.2) is 0 Å². The number of carbonyl (C=O) groups is 1. The minimum Gasteiger partial charge on any atom is -0.497 e. The predicted octanol–water partition coefficient (Wildman–Crippen LogP) is 4.36. The molecule has 0 saturated heterocycles. The molecule has 138 valence electrons. The summed E-state index contributed by atoms with van der Waals surface area (Å²) >= 11 is 0. The Kier molecular flexibility index (Phi) is 5.66. The topological polar surface area (TPSA) is 56.8 Å². The van der Waals surface area contributed by atoms with E-state index < -0.39 is 0 Å². The molecule has 0 aromatic heterocycles. The second-order valence-electron chi connectivity index (χ2n) is 6.34. The molecule has 3 rings (SSSR count). The molecule has 5 heteroatoms. The Balaban J connectivity index is 2.07. The molecule has 2 aromatic rings. The number of amides is 1. The Labute approximate surface area is 154 Å². The van der Waals surface area contributed by atoms with Gasteiger partial charge in [0.05, 0.1) is 26.5 Å². The third-order valence-electron chi connectivity index (χ3n) is 4.63. The first kappa shape index (κ1) is 18.1. The first-order valence-corrected chi connectivity index (χ1v) is 8.95. The van der Waals surface area contributed by atoms with Crippen LogP contribution in [0.4, 0.5) is 5.69 Å². The summed E-state index contributed by atoms with van der Waals surface area (Å²) in [7, 11) is 3.23. The molecule has 1 aliphatic rings. The van der Waals surface area contributed by atoms with E-state index in [1.165, 1.54) is 0 Å². The highest BCUT2D eigenvalue weighted by Crippen LogP contribution is 2.46. The summed E-state index contributed by atoms with van der Waals surface area (Å²) in [6.45, 7) is 2.80. The van der Waals surface area contributed by atoms with E-state index in [2.05, 4.69) is 12.2 Å². The highest BCUT2D eigenvalue weighted by molar-refractivity contribution is 5.96. The molecule has 26 heavy (non-hydrogen) atoms. The van der Waals surface area contributed by atoms with E-state index in [0.717, 1.165) is 35.4 Å². The van der Waals surface area contributed by atoms with E-state index in [9.17, 15) is 4.79 Å². The van der Waals surface area contributed by atoms with Crippen molar-refractivity contribution in [2.24, 2.45) is 0 Å². The largest absolute Gasteiger partial charge is 0.497 e. The van der Waals surface area contributed by atoms with Gasteiger partial charge >= 0.3 is 0 Å². The van der Waals surface area contributed by atoms with Gasteiger partial charge in [-0.1, -0.05) is 31.5 Å². The van der Waals surface area contributed by atoms with E-state index in [0.29, 0.717) is 24.5 Å². The van der Waals surface area contributed by atoms with Gasteiger partial charge in [-0.15, -0.1) is 0 Å². The standard InChI is InChI=1S/C21H25NO4/c1-4-5-10-26-18-9-7-6-8-15(18)16-13-20(23)22-17-11-14(24-2)12-19(25-3)21(16)17/h6-9,11-12,16H,4-5,10,13H2,1-3H3,(H,22,23)/t16-/m0/s1. The lowest BCUT2D eigenvalue weighted by molar-refractivity contribution is -0.116. The lowest BCUT2D eigenvalue weighted by atomic mass is 9.83. The molecule has 0 unspecified atom stereocenters. The van der Waals surface area contributed by atoms with Gasteiger partial charge in [0.2, 0.25) is 5.91 Å². The summed E-state index contributed by atoms with van der Waals surface area (Å²) in [6.07, 6.45) is 2.42. The van der Waals surface area contributed by atoms with Crippen LogP contribution in [-0.4, -0.2) is 26.7 Å². The number of nitrogens with one attached hydrogen (secondary N) is 1. The zero-order valence-electron chi connectivity index (χ0n) is 15.5. The smallest absolute Gasteiger partial charge is 0.225 e. The number of hydrogen-bond acceptors (Lipinski definition) is 4. The van der Waals surface area contributed by atoms with Crippen molar-refractivity contribution >= 4 is 11.6 Å². The van der Waals surface area contributed by atoms with Crippen LogP contribution in [0.3, 0.4) is 0 Å². The molecule has 1 heterocycles. The fraction of sp³-hybridized carbons (Fsp3) is 0.381. The molecular formula is C21H25NO4. The Morgan fingerprint density at radius 1 is 1.12 bits per heavy atom. The number of fused-ring (bicyclic) bond motifs is 1. The number of methoxy groups -OCH3 is 2. The number of unbranched alkanes of at least 4 members (excludes halogenated alkanes) is 1. The maximum absolute atomic E-state index is 12.3. The number of ether oxygens (including phenoxy) is 3. The number of benzene rings is 2. The molecule has 1 N–H and O–H groups in total. The normalized spacial score (nSPS) is 15.8. The second-order valence-corrected chi connectivity index (χ2v) is 6.34. The van der Waals surface area contributed by atoms with Crippen molar-refractivity contribution in [3.63, 3.8) is 0 Å². The van der Waals surface area contributed by atoms with E-state index in [1.54, 1.807) is 14.2 Å². The summed E-state index contributed by atoms with van der Waals surface area (Å²) in [5, 5.41) is 2.94. The molecule has 0 spiro atoms. The van der Waals surface area contributed by atoms with Crippen LogP contribution < -0.4 is 19.5 Å². The maximum atomic E-state index is 12.3. The second kappa shape index (κ2) is 8.13. The average molecular weight is 355 g/mol. The number of carbonyl (C=O) groups excluding carboxylic acids is 1. The molecule has 1 amide bonds. The highest BCUT2D eigenvalue weighted by Gasteiger charge is 2.32. The minimum absolute atomic E-state index is 0.0267. The van der Waals surface area contributed by atoms with Crippen LogP contribution in [0.15, 0.2) is 36.4 Å². The molecule has 5 nitrogen and oxygen atoms in total. The van der Waals surface area contributed by atoms with Gasteiger partial charge in [-0.3, -0.25) is 4.79 Å². The van der Waals surface area contributed by atoms with Crippen LogP contribution in [0, 0.1) is 0 Å². The van der Waals surface area contributed by atoms with E-state index in [4.69, 9.17) is 14.2 Å². The van der Waals surface area contributed by atoms with Crippen molar-refractivity contribution in [1.82, 2.24) is 0 Å². The van der Waals surface area contributed by atoms with Crippen LogP contribution in [0.1, 0.15) is 43.2 Å². The SMILES string of the molecule is CCCCOc1ccccc1[C@@H]1CC(=O)Nc2cc(OC)cc(OC)c21. The summed E-state index contributed by atoms with van der Waals surface area (Å²) in [5.74, 6) is 2.02. The van der Waals surface area contributed by atoms with Gasteiger partial charge in [0.25, 0.3) is 0 Å². The zero-order valence-corrected chi connectivity index (χ0v) is 15.5. The Morgan fingerprint density at radius 3 is 2.65 bits per heavy atom. The van der Waals surface area contributed by atoms with Crippen molar-refractivity contribution in [2.75, 3.05) is 26.1 Å². The van der Waals surface area contributed by atoms with Crippen molar-refractivity contribution in [2.45, 2.75) is 32.1 Å². The predicted molar refractivity (Wildman–Crippen MR) is 101 cm³/mol. The number of anilines is 1. The van der Waals surface area contributed by atoms with E-state index >= 15 is 0 Å². The van der Waals surface area contributed by atoms with Crippen LogP contribution in [-0.2, 0) is 4.79 Å². The van der Waals surface area contributed by atoms with Gasteiger partial charge in [-0.25, -0.2) is 0 Å². The third-order valence-corrected chi connectivity index (χ3v) is 4.63. The Morgan fingerprint density at radius 2 is 1.92 bits per heavy atom. The fourth-order valence-electron chi connectivity index (χ4n) is 3.33. The summed E-state index contributed by atoms with van der Waals surface area (Å²) in [4.78, 5) is 12.3. The van der Waals surface area contributed by atoms with Gasteiger partial charge in [0, 0.05) is 35.6 Å². The quantitative estimate of drug-likeness (QED) is 0.750. The van der Waals surface area contributed by atoms with Gasteiger partial charge < -0.3 is 19.5 Å². The highest BCUT2D eigenvalue weighted by atomic mass is 16.5. The van der Waals surface area contributed by atoms with Gasteiger partial charge in [0.1, 0.15) is 17.2 Å². The molecule has 2 aromatic carbocycles. The average Bonchev–Trinajstić information content (AvgIpc) is 2.66. The summed E-state index contributed by atoms with van der Waals surface area (Å²) in [6, 6.07) is 11.6. The molecule has 1 atom stereocenters.